The van der Waals surface area contributed by atoms with Gasteiger partial charge in [0.1, 0.15) is 5.76 Å². The largest absolute Gasteiger partial charge is 0.440 e. The molecule has 0 saturated carbocycles. The number of nitrogens with one attached hydrogen (secondary N) is 1. The average Bonchev–Trinajstić information content (AvgIpc) is 2.82. The van der Waals surface area contributed by atoms with E-state index >= 15 is 0 Å². The number of carbonyl (C=O) groups is 1. The van der Waals surface area contributed by atoms with Gasteiger partial charge < -0.3 is 4.42 Å². The molecule has 2 heterocycles. The van der Waals surface area contributed by atoms with Crippen LogP contribution in [0.5, 0.6) is 0 Å². The second-order valence-corrected chi connectivity index (χ2v) is 5.78. The van der Waals surface area contributed by atoms with Gasteiger partial charge in [-0.2, -0.15) is 5.10 Å². The number of oxazole rings is 1. The summed E-state index contributed by atoms with van der Waals surface area (Å²) in [6.07, 6.45) is 4.09. The molecule has 0 aromatic carbocycles. The molecular formula is C10H12N4O4S. The molecule has 19 heavy (non-hydrogen) atoms. The smallest absolute Gasteiger partial charge is 0.286 e. The summed E-state index contributed by atoms with van der Waals surface area (Å²) in [4.78, 5) is 15.7. The summed E-state index contributed by atoms with van der Waals surface area (Å²) in [6.45, 7) is 1.53. The third kappa shape index (κ3) is 2.99. The maximum atomic E-state index is 11.7. The lowest BCUT2D eigenvalue weighted by Crippen LogP contribution is -2.30. The maximum Gasteiger partial charge on any atom is 0.286 e. The Kier molecular flexibility index (Phi) is 3.14. The van der Waals surface area contributed by atoms with Crippen molar-refractivity contribution in [2.75, 3.05) is 6.26 Å². The molecule has 2 rings (SSSR count). The Morgan fingerprint density at radius 2 is 2.16 bits per heavy atom. The summed E-state index contributed by atoms with van der Waals surface area (Å²) >= 11 is 0. The number of hydrogen-bond acceptors (Lipinski definition) is 6. The number of aryl methyl sites for hydroxylation is 2. The highest BCUT2D eigenvalue weighted by molar-refractivity contribution is 7.89. The number of sulfonamides is 1. The van der Waals surface area contributed by atoms with Crippen LogP contribution in [0, 0.1) is 6.92 Å². The molecule has 0 fully saturated rings. The molecule has 9 heteroatoms. The molecule has 1 N–H and O–H groups in total. The van der Waals surface area contributed by atoms with Crippen molar-refractivity contribution in [1.82, 2.24) is 19.5 Å². The van der Waals surface area contributed by atoms with Crippen molar-refractivity contribution < 1.29 is 17.6 Å². The zero-order valence-electron chi connectivity index (χ0n) is 10.5. The summed E-state index contributed by atoms with van der Waals surface area (Å²) in [5.41, 5.74) is 0.535. The molecule has 8 nitrogen and oxygen atoms in total. The van der Waals surface area contributed by atoms with Crippen molar-refractivity contribution in [3.63, 3.8) is 0 Å². The van der Waals surface area contributed by atoms with Gasteiger partial charge in [-0.05, 0) is 6.92 Å². The molecule has 0 atom stereocenters. The Hall–Kier alpha value is -2.16. The monoisotopic (exact) mass is 284 g/mol. The van der Waals surface area contributed by atoms with Gasteiger partial charge in [0.25, 0.3) is 5.91 Å². The normalized spacial score (nSPS) is 11.5. The number of rotatable bonds is 3. The quantitative estimate of drug-likeness (QED) is 0.854. The average molecular weight is 284 g/mol. The highest BCUT2D eigenvalue weighted by Gasteiger charge is 2.21. The standard InChI is InChI=1S/C10H12N4O4S/c1-6-8(9(15)13-19(3,16)17)12-10(18-6)7-4-11-14(2)5-7/h4-5H,1-3H3,(H,13,15). The molecule has 0 radical (unpaired) electrons. The minimum Gasteiger partial charge on any atom is -0.440 e. The van der Waals surface area contributed by atoms with Crippen molar-refractivity contribution >= 4 is 15.9 Å². The highest BCUT2D eigenvalue weighted by Crippen LogP contribution is 2.20. The Bertz CT molecular complexity index is 729. The second kappa shape index (κ2) is 4.50. The van der Waals surface area contributed by atoms with Gasteiger partial charge in [0.2, 0.25) is 15.9 Å². The predicted molar refractivity (Wildman–Crippen MR) is 65.8 cm³/mol. The van der Waals surface area contributed by atoms with Crippen molar-refractivity contribution in [1.29, 1.82) is 0 Å². The van der Waals surface area contributed by atoms with Crippen LogP contribution in [0.25, 0.3) is 11.5 Å². The molecule has 2 aromatic heterocycles. The number of hydrogen-bond donors (Lipinski definition) is 1. The molecule has 102 valence electrons. The third-order valence-electron chi connectivity index (χ3n) is 2.24. The SMILES string of the molecule is Cc1oc(-c2cnn(C)c2)nc1C(=O)NS(C)(=O)=O. The van der Waals surface area contributed by atoms with E-state index in [-0.39, 0.29) is 17.3 Å². The van der Waals surface area contributed by atoms with Crippen LogP contribution in [0.4, 0.5) is 0 Å². The van der Waals surface area contributed by atoms with Crippen LogP contribution >= 0.6 is 0 Å². The van der Waals surface area contributed by atoms with E-state index in [4.69, 9.17) is 4.42 Å². The van der Waals surface area contributed by atoms with Crippen molar-refractivity contribution in [3.05, 3.63) is 23.8 Å². The fraction of sp³-hybridized carbons (Fsp3) is 0.300. The van der Waals surface area contributed by atoms with Gasteiger partial charge in [-0.25, -0.2) is 18.1 Å². The zero-order valence-corrected chi connectivity index (χ0v) is 11.4. The van der Waals surface area contributed by atoms with Gasteiger partial charge in [-0.15, -0.1) is 0 Å². The predicted octanol–water partition coefficient (Wildman–Crippen LogP) is 0.0729. The first-order valence-corrected chi connectivity index (χ1v) is 7.14. The lowest BCUT2D eigenvalue weighted by atomic mass is 10.3. The van der Waals surface area contributed by atoms with E-state index in [1.54, 1.807) is 17.9 Å². The maximum absolute atomic E-state index is 11.7. The van der Waals surface area contributed by atoms with Crippen LogP contribution in [0.15, 0.2) is 16.8 Å². The number of aromatic nitrogens is 3. The van der Waals surface area contributed by atoms with E-state index in [1.165, 1.54) is 13.1 Å². The van der Waals surface area contributed by atoms with Crippen LogP contribution in [0.3, 0.4) is 0 Å². The van der Waals surface area contributed by atoms with Gasteiger partial charge in [0.05, 0.1) is 18.0 Å². The molecule has 0 bridgehead atoms. The van der Waals surface area contributed by atoms with Crippen molar-refractivity contribution in [2.24, 2.45) is 7.05 Å². The van der Waals surface area contributed by atoms with Crippen LogP contribution in [0.2, 0.25) is 0 Å². The Morgan fingerprint density at radius 1 is 1.47 bits per heavy atom. The molecule has 0 aliphatic rings. The molecule has 0 aliphatic heterocycles. The number of nitrogens with zero attached hydrogens (tertiary/aromatic N) is 3. The third-order valence-corrected chi connectivity index (χ3v) is 2.80. The van der Waals surface area contributed by atoms with Crippen LogP contribution in [0.1, 0.15) is 16.2 Å². The minimum absolute atomic E-state index is 0.0655. The molecular weight excluding hydrogens is 272 g/mol. The fourth-order valence-electron chi connectivity index (χ4n) is 1.48. The first-order chi connectivity index (χ1) is 8.76. The zero-order chi connectivity index (χ0) is 14.2. The second-order valence-electron chi connectivity index (χ2n) is 4.03. The van der Waals surface area contributed by atoms with Crippen LogP contribution < -0.4 is 4.72 Å². The summed E-state index contributed by atoms with van der Waals surface area (Å²) in [5.74, 6) is -0.372. The van der Waals surface area contributed by atoms with E-state index in [0.717, 1.165) is 6.26 Å². The molecule has 2 aromatic rings. The van der Waals surface area contributed by atoms with E-state index in [0.29, 0.717) is 5.56 Å². The first-order valence-electron chi connectivity index (χ1n) is 5.25. The van der Waals surface area contributed by atoms with Gasteiger partial charge in [-0.3, -0.25) is 9.48 Å². The van der Waals surface area contributed by atoms with Gasteiger partial charge >= 0.3 is 0 Å². The Balaban J connectivity index is 2.34. The summed E-state index contributed by atoms with van der Waals surface area (Å²) in [7, 11) is -1.90. The minimum atomic E-state index is -3.64. The fourth-order valence-corrected chi connectivity index (χ4v) is 1.91. The topological polar surface area (TPSA) is 107 Å². The van der Waals surface area contributed by atoms with E-state index in [9.17, 15) is 13.2 Å². The molecule has 1 amide bonds. The van der Waals surface area contributed by atoms with Gasteiger partial charge in [0, 0.05) is 13.2 Å². The van der Waals surface area contributed by atoms with Crippen LogP contribution in [-0.4, -0.2) is 35.3 Å². The number of amides is 1. The first kappa shape index (κ1) is 13.3. The van der Waals surface area contributed by atoms with E-state index in [2.05, 4.69) is 10.1 Å². The lowest BCUT2D eigenvalue weighted by molar-refractivity contribution is 0.0976. The van der Waals surface area contributed by atoms with Gasteiger partial charge in [0.15, 0.2) is 5.69 Å². The van der Waals surface area contributed by atoms with E-state index in [1.807, 2.05) is 4.72 Å². The van der Waals surface area contributed by atoms with Crippen LogP contribution in [-0.2, 0) is 17.1 Å². The Labute approximate surface area is 109 Å². The van der Waals surface area contributed by atoms with E-state index < -0.39 is 15.9 Å². The Morgan fingerprint density at radius 3 is 2.68 bits per heavy atom. The van der Waals surface area contributed by atoms with Crippen molar-refractivity contribution in [2.45, 2.75) is 6.92 Å². The highest BCUT2D eigenvalue weighted by atomic mass is 32.2. The van der Waals surface area contributed by atoms with Gasteiger partial charge in [-0.1, -0.05) is 0 Å². The summed E-state index contributed by atoms with van der Waals surface area (Å²) < 4.78 is 30.7. The summed E-state index contributed by atoms with van der Waals surface area (Å²) in [6, 6.07) is 0. The molecule has 0 unspecified atom stereocenters. The summed E-state index contributed by atoms with van der Waals surface area (Å²) in [5, 5.41) is 3.96. The van der Waals surface area contributed by atoms with Crippen molar-refractivity contribution in [3.8, 4) is 11.5 Å². The molecule has 0 aliphatic carbocycles. The lowest BCUT2D eigenvalue weighted by Gasteiger charge is -1.98. The molecule has 0 spiro atoms. The number of carbonyl (C=O) groups excluding carboxylic acids is 1. The molecule has 0 saturated heterocycles.